The van der Waals surface area contributed by atoms with Gasteiger partial charge < -0.3 is 10.2 Å². The molecule has 21 heavy (non-hydrogen) atoms. The van der Waals surface area contributed by atoms with E-state index in [9.17, 15) is 4.79 Å². The molecule has 4 heteroatoms. The number of nitrogens with one attached hydrogen (secondary N) is 1. The molecule has 0 radical (unpaired) electrons. The van der Waals surface area contributed by atoms with Crippen LogP contribution in [0.2, 0.25) is 0 Å². The summed E-state index contributed by atoms with van der Waals surface area (Å²) in [5.74, 6) is 1.69. The van der Waals surface area contributed by atoms with Crippen molar-refractivity contribution in [2.45, 2.75) is 51.5 Å². The van der Waals surface area contributed by atoms with Gasteiger partial charge in [-0.05, 0) is 50.7 Å². The molecule has 0 bridgehead atoms. The fraction of sp³-hybridized carbons (Fsp3) is 0.647. The Bertz CT molecular complexity index is 527. The molecular formula is C17H25N3O. The fourth-order valence-electron chi connectivity index (χ4n) is 3.96. The zero-order valence-corrected chi connectivity index (χ0v) is 13.1. The zero-order chi connectivity index (χ0) is 14.8. The third kappa shape index (κ3) is 2.89. The highest BCUT2D eigenvalue weighted by molar-refractivity contribution is 5.95. The maximum absolute atomic E-state index is 12.9. The summed E-state index contributed by atoms with van der Waals surface area (Å²) >= 11 is 0. The zero-order valence-electron chi connectivity index (χ0n) is 13.1. The number of rotatable bonds is 2. The van der Waals surface area contributed by atoms with E-state index in [4.69, 9.17) is 0 Å². The molecular weight excluding hydrogens is 262 g/mol. The summed E-state index contributed by atoms with van der Waals surface area (Å²) in [4.78, 5) is 19.5. The Morgan fingerprint density at radius 3 is 2.81 bits per heavy atom. The van der Waals surface area contributed by atoms with Crippen LogP contribution >= 0.6 is 0 Å². The quantitative estimate of drug-likeness (QED) is 0.908. The molecule has 1 aromatic heterocycles. The normalized spacial score (nSPS) is 25.3. The third-order valence-corrected chi connectivity index (χ3v) is 4.96. The van der Waals surface area contributed by atoms with Crippen molar-refractivity contribution in [3.63, 3.8) is 0 Å². The van der Waals surface area contributed by atoms with Gasteiger partial charge in [-0.15, -0.1) is 0 Å². The first-order chi connectivity index (χ1) is 10.2. The molecule has 1 aliphatic heterocycles. The van der Waals surface area contributed by atoms with Crippen molar-refractivity contribution in [2.75, 3.05) is 18.9 Å². The number of likely N-dealkylation sites (tertiary alicyclic amines) is 1. The minimum Gasteiger partial charge on any atom is -0.373 e. The van der Waals surface area contributed by atoms with Gasteiger partial charge in [0, 0.05) is 30.9 Å². The molecule has 1 saturated carbocycles. The number of carbonyl (C=O) groups excluding carboxylic acids is 1. The minimum atomic E-state index is 0.189. The SMILES string of the molecule is CNc1cc(C(=O)N2CCCC3CCCCC32)cc(C)n1. The lowest BCUT2D eigenvalue weighted by Gasteiger charge is -2.44. The number of piperidine rings is 1. The number of nitrogens with zero attached hydrogens (tertiary/aromatic N) is 2. The standard InChI is InChI=1S/C17H25N3O/c1-12-10-14(11-16(18-2)19-12)17(21)20-9-5-7-13-6-3-4-8-15(13)20/h10-11,13,15H,3-9H2,1-2H3,(H,18,19). The van der Waals surface area contributed by atoms with Gasteiger partial charge in [0.15, 0.2) is 0 Å². The van der Waals surface area contributed by atoms with Crippen LogP contribution < -0.4 is 5.32 Å². The number of pyridine rings is 1. The van der Waals surface area contributed by atoms with Gasteiger partial charge in [-0.1, -0.05) is 12.8 Å². The lowest BCUT2D eigenvalue weighted by molar-refractivity contribution is 0.0390. The summed E-state index contributed by atoms with van der Waals surface area (Å²) in [6, 6.07) is 4.25. The number of aromatic nitrogens is 1. The van der Waals surface area contributed by atoms with E-state index in [-0.39, 0.29) is 5.91 Å². The van der Waals surface area contributed by atoms with Crippen molar-refractivity contribution in [1.82, 2.24) is 9.88 Å². The first-order valence-electron chi connectivity index (χ1n) is 8.16. The molecule has 2 aliphatic rings. The van der Waals surface area contributed by atoms with Gasteiger partial charge in [-0.3, -0.25) is 4.79 Å². The smallest absolute Gasteiger partial charge is 0.254 e. The van der Waals surface area contributed by atoms with Gasteiger partial charge >= 0.3 is 0 Å². The van der Waals surface area contributed by atoms with Crippen LogP contribution in [0, 0.1) is 12.8 Å². The predicted octanol–water partition coefficient (Wildman–Crippen LogP) is 3.23. The lowest BCUT2D eigenvalue weighted by Crippen LogP contribution is -2.49. The summed E-state index contributed by atoms with van der Waals surface area (Å²) in [7, 11) is 1.84. The molecule has 2 heterocycles. The van der Waals surface area contributed by atoms with E-state index in [1.165, 1.54) is 32.1 Å². The summed E-state index contributed by atoms with van der Waals surface area (Å²) in [5, 5.41) is 3.04. The summed E-state index contributed by atoms with van der Waals surface area (Å²) in [6.07, 6.45) is 7.52. The van der Waals surface area contributed by atoms with E-state index in [2.05, 4.69) is 15.2 Å². The Morgan fingerprint density at radius 1 is 1.24 bits per heavy atom. The maximum atomic E-state index is 12.9. The van der Waals surface area contributed by atoms with Crippen molar-refractivity contribution in [2.24, 2.45) is 5.92 Å². The van der Waals surface area contributed by atoms with Crippen molar-refractivity contribution >= 4 is 11.7 Å². The number of carbonyl (C=O) groups is 1. The number of hydrogen-bond donors (Lipinski definition) is 1. The van der Waals surface area contributed by atoms with Crippen LogP contribution in [-0.2, 0) is 0 Å². The molecule has 0 aromatic carbocycles. The highest BCUT2D eigenvalue weighted by Crippen LogP contribution is 2.36. The molecule has 1 N–H and O–H groups in total. The van der Waals surface area contributed by atoms with Gasteiger partial charge in [-0.2, -0.15) is 0 Å². The van der Waals surface area contributed by atoms with Crippen LogP contribution in [0.5, 0.6) is 0 Å². The average Bonchev–Trinajstić information content (AvgIpc) is 2.53. The Hall–Kier alpha value is -1.58. The summed E-state index contributed by atoms with van der Waals surface area (Å²) < 4.78 is 0. The van der Waals surface area contributed by atoms with E-state index < -0.39 is 0 Å². The van der Waals surface area contributed by atoms with Crippen LogP contribution in [0.1, 0.15) is 54.6 Å². The molecule has 2 unspecified atom stereocenters. The van der Waals surface area contributed by atoms with Crippen LogP contribution in [-0.4, -0.2) is 35.4 Å². The summed E-state index contributed by atoms with van der Waals surface area (Å²) in [6.45, 7) is 2.85. The van der Waals surface area contributed by atoms with Crippen molar-refractivity contribution in [1.29, 1.82) is 0 Å². The topological polar surface area (TPSA) is 45.2 Å². The molecule has 2 fully saturated rings. The molecule has 0 spiro atoms. The second-order valence-corrected chi connectivity index (χ2v) is 6.39. The predicted molar refractivity (Wildman–Crippen MR) is 84.5 cm³/mol. The van der Waals surface area contributed by atoms with Crippen LogP contribution in [0.25, 0.3) is 0 Å². The van der Waals surface area contributed by atoms with Crippen LogP contribution in [0.15, 0.2) is 12.1 Å². The Morgan fingerprint density at radius 2 is 2.00 bits per heavy atom. The van der Waals surface area contributed by atoms with Gasteiger partial charge in [0.25, 0.3) is 5.91 Å². The Labute approximate surface area is 126 Å². The minimum absolute atomic E-state index is 0.189. The summed E-state index contributed by atoms with van der Waals surface area (Å²) in [5.41, 5.74) is 1.67. The Balaban J connectivity index is 1.85. The maximum Gasteiger partial charge on any atom is 0.254 e. The average molecular weight is 287 g/mol. The van der Waals surface area contributed by atoms with Crippen molar-refractivity contribution < 1.29 is 4.79 Å². The van der Waals surface area contributed by atoms with E-state index in [0.29, 0.717) is 6.04 Å². The molecule has 2 atom stereocenters. The van der Waals surface area contributed by atoms with E-state index in [0.717, 1.165) is 36.0 Å². The first-order valence-corrected chi connectivity index (χ1v) is 8.16. The second-order valence-electron chi connectivity index (χ2n) is 6.39. The number of anilines is 1. The van der Waals surface area contributed by atoms with Gasteiger partial charge in [0.05, 0.1) is 0 Å². The largest absolute Gasteiger partial charge is 0.373 e. The van der Waals surface area contributed by atoms with Gasteiger partial charge in [0.2, 0.25) is 0 Å². The monoisotopic (exact) mass is 287 g/mol. The number of fused-ring (bicyclic) bond motifs is 1. The first kappa shape index (κ1) is 14.4. The van der Waals surface area contributed by atoms with E-state index in [1.807, 2.05) is 26.1 Å². The van der Waals surface area contributed by atoms with Crippen molar-refractivity contribution in [3.05, 3.63) is 23.4 Å². The highest BCUT2D eigenvalue weighted by atomic mass is 16.2. The third-order valence-electron chi connectivity index (χ3n) is 4.96. The number of aryl methyl sites for hydroxylation is 1. The fourth-order valence-corrected chi connectivity index (χ4v) is 3.96. The molecule has 1 amide bonds. The molecule has 114 valence electrons. The van der Waals surface area contributed by atoms with Crippen LogP contribution in [0.4, 0.5) is 5.82 Å². The molecule has 3 rings (SSSR count). The van der Waals surface area contributed by atoms with E-state index in [1.54, 1.807) is 0 Å². The number of hydrogen-bond acceptors (Lipinski definition) is 3. The van der Waals surface area contributed by atoms with Crippen molar-refractivity contribution in [3.8, 4) is 0 Å². The van der Waals surface area contributed by atoms with Gasteiger partial charge in [-0.25, -0.2) is 4.98 Å². The van der Waals surface area contributed by atoms with Gasteiger partial charge in [0.1, 0.15) is 5.82 Å². The Kier molecular flexibility index (Phi) is 4.13. The molecule has 1 aliphatic carbocycles. The van der Waals surface area contributed by atoms with Crippen LogP contribution in [0.3, 0.4) is 0 Å². The number of amides is 1. The molecule has 4 nitrogen and oxygen atoms in total. The highest BCUT2D eigenvalue weighted by Gasteiger charge is 2.36. The molecule has 1 aromatic rings. The van der Waals surface area contributed by atoms with E-state index >= 15 is 0 Å². The molecule has 1 saturated heterocycles. The second kappa shape index (κ2) is 6.04. The lowest BCUT2D eigenvalue weighted by atomic mass is 9.78.